The maximum atomic E-state index is 10.9. The van der Waals surface area contributed by atoms with Crippen LogP contribution in [0.15, 0.2) is 30.0 Å². The Balaban J connectivity index is 3.12. The Hall–Kier alpha value is -2.30. The van der Waals surface area contributed by atoms with E-state index in [1.807, 2.05) is 0 Å². The van der Waals surface area contributed by atoms with Crippen LogP contribution in [0.1, 0.15) is 12.5 Å². The normalized spacial score (nSPS) is 10.8. The highest BCUT2D eigenvalue weighted by Gasteiger charge is 2.10. The highest BCUT2D eigenvalue weighted by Crippen LogP contribution is 2.19. The van der Waals surface area contributed by atoms with Crippen LogP contribution in [0, 0.1) is 0 Å². The molecule has 0 aliphatic heterocycles. The molecule has 1 amide bonds. The minimum absolute atomic E-state index is 0.193. The number of rotatable bonds is 4. The molecule has 0 saturated heterocycles. The second kappa shape index (κ2) is 5.69. The minimum atomic E-state index is -1.20. The number of hydrogen-bond acceptors (Lipinski definition) is 3. The van der Waals surface area contributed by atoms with Crippen LogP contribution >= 0.6 is 0 Å². The molecule has 5 heteroatoms. The van der Waals surface area contributed by atoms with E-state index in [0.717, 1.165) is 0 Å². The molecule has 1 aromatic carbocycles. The quantitative estimate of drug-likeness (QED) is 0.770. The van der Waals surface area contributed by atoms with Crippen molar-refractivity contribution in [3.05, 3.63) is 35.5 Å². The number of carboxylic acids is 1. The van der Waals surface area contributed by atoms with Gasteiger partial charge in [0.1, 0.15) is 11.4 Å². The molecular formula is C12H13NO4. The molecule has 0 radical (unpaired) electrons. The summed E-state index contributed by atoms with van der Waals surface area (Å²) in [6.45, 7) is 1.25. The maximum absolute atomic E-state index is 10.9. The Morgan fingerprint density at radius 2 is 2.00 bits per heavy atom. The minimum Gasteiger partial charge on any atom is -0.496 e. The van der Waals surface area contributed by atoms with Crippen LogP contribution in [0.3, 0.4) is 0 Å². The lowest BCUT2D eigenvalue weighted by molar-refractivity contribution is -0.134. The van der Waals surface area contributed by atoms with Gasteiger partial charge in [-0.15, -0.1) is 0 Å². The van der Waals surface area contributed by atoms with Crippen molar-refractivity contribution in [1.29, 1.82) is 0 Å². The lowest BCUT2D eigenvalue weighted by Gasteiger charge is -2.06. The van der Waals surface area contributed by atoms with Crippen molar-refractivity contribution in [2.24, 2.45) is 0 Å². The summed E-state index contributed by atoms with van der Waals surface area (Å²) in [7, 11) is 1.49. The molecule has 1 rings (SSSR count). The van der Waals surface area contributed by atoms with Crippen molar-refractivity contribution in [2.45, 2.75) is 6.92 Å². The van der Waals surface area contributed by atoms with Crippen LogP contribution in [0.5, 0.6) is 5.75 Å². The molecule has 90 valence electrons. The van der Waals surface area contributed by atoms with E-state index < -0.39 is 11.9 Å². The number of carbonyl (C=O) groups is 2. The molecule has 0 fully saturated rings. The van der Waals surface area contributed by atoms with E-state index in [4.69, 9.17) is 9.84 Å². The second-order valence-corrected chi connectivity index (χ2v) is 3.29. The van der Waals surface area contributed by atoms with E-state index in [2.05, 4.69) is 5.32 Å². The van der Waals surface area contributed by atoms with Gasteiger partial charge in [-0.2, -0.15) is 0 Å². The average Bonchev–Trinajstić information content (AvgIpc) is 2.28. The zero-order chi connectivity index (χ0) is 12.8. The summed E-state index contributed by atoms with van der Waals surface area (Å²) in [5, 5.41) is 11.2. The molecule has 0 aliphatic rings. The summed E-state index contributed by atoms with van der Waals surface area (Å²) in [6.07, 6.45) is 1.35. The number of methoxy groups -OCH3 is 1. The first-order valence-corrected chi connectivity index (χ1v) is 4.90. The smallest absolute Gasteiger partial charge is 0.352 e. The fourth-order valence-electron chi connectivity index (χ4n) is 1.28. The van der Waals surface area contributed by atoms with Gasteiger partial charge in [-0.25, -0.2) is 4.79 Å². The SMILES string of the molecule is COc1ccccc1/C=C(\NC(C)=O)C(=O)O. The van der Waals surface area contributed by atoms with Crippen molar-refractivity contribution < 1.29 is 19.4 Å². The molecule has 0 aliphatic carbocycles. The summed E-state index contributed by atoms with van der Waals surface area (Å²) in [4.78, 5) is 21.8. The van der Waals surface area contributed by atoms with E-state index in [0.29, 0.717) is 11.3 Å². The third-order valence-corrected chi connectivity index (χ3v) is 1.98. The Bertz CT molecular complexity index is 465. The Kier molecular flexibility index (Phi) is 4.28. The maximum Gasteiger partial charge on any atom is 0.352 e. The number of carbonyl (C=O) groups excluding carboxylic acids is 1. The number of para-hydroxylation sites is 1. The van der Waals surface area contributed by atoms with Crippen LogP contribution in [0.4, 0.5) is 0 Å². The first-order valence-electron chi connectivity index (χ1n) is 4.90. The third kappa shape index (κ3) is 3.64. The second-order valence-electron chi connectivity index (χ2n) is 3.29. The lowest BCUT2D eigenvalue weighted by atomic mass is 10.1. The summed E-state index contributed by atoms with van der Waals surface area (Å²) < 4.78 is 5.08. The van der Waals surface area contributed by atoms with Gasteiger partial charge in [-0.1, -0.05) is 18.2 Å². The monoisotopic (exact) mass is 235 g/mol. The Morgan fingerprint density at radius 1 is 1.35 bits per heavy atom. The molecule has 0 spiro atoms. The summed E-state index contributed by atoms with van der Waals surface area (Å²) in [5.41, 5.74) is 0.392. The number of nitrogens with one attached hydrogen (secondary N) is 1. The molecule has 0 saturated carbocycles. The lowest BCUT2D eigenvalue weighted by Crippen LogP contribution is -2.24. The molecular weight excluding hydrogens is 222 g/mol. The molecule has 0 bridgehead atoms. The predicted octanol–water partition coefficient (Wildman–Crippen LogP) is 1.26. The molecule has 5 nitrogen and oxygen atoms in total. The van der Waals surface area contributed by atoms with Crippen molar-refractivity contribution in [3.63, 3.8) is 0 Å². The first-order chi connectivity index (χ1) is 8.04. The fourth-order valence-corrected chi connectivity index (χ4v) is 1.28. The molecule has 0 heterocycles. The van der Waals surface area contributed by atoms with E-state index in [1.54, 1.807) is 24.3 Å². The highest BCUT2D eigenvalue weighted by atomic mass is 16.5. The zero-order valence-electron chi connectivity index (χ0n) is 9.56. The van der Waals surface area contributed by atoms with E-state index >= 15 is 0 Å². The van der Waals surface area contributed by atoms with Gasteiger partial charge in [-0.05, 0) is 12.1 Å². The van der Waals surface area contributed by atoms with Gasteiger partial charge in [0.2, 0.25) is 5.91 Å². The summed E-state index contributed by atoms with van der Waals surface area (Å²) in [6, 6.07) is 6.93. The first kappa shape index (κ1) is 12.8. The van der Waals surface area contributed by atoms with Crippen LogP contribution in [0.25, 0.3) is 6.08 Å². The Labute approximate surface area is 98.7 Å². The molecule has 17 heavy (non-hydrogen) atoms. The number of carboxylic acid groups (broad SMARTS) is 1. The van der Waals surface area contributed by atoms with Crippen molar-refractivity contribution in [3.8, 4) is 5.75 Å². The average molecular weight is 235 g/mol. The van der Waals surface area contributed by atoms with Gasteiger partial charge in [0.15, 0.2) is 0 Å². The summed E-state index contributed by atoms with van der Waals surface area (Å²) in [5.74, 6) is -1.10. The standard InChI is InChI=1S/C12H13NO4/c1-8(14)13-10(12(15)16)7-9-5-3-4-6-11(9)17-2/h3-7H,1-2H3,(H,13,14)(H,15,16)/b10-7-. The molecule has 1 aromatic rings. The highest BCUT2D eigenvalue weighted by molar-refractivity contribution is 5.96. The Morgan fingerprint density at radius 3 is 2.53 bits per heavy atom. The van der Waals surface area contributed by atoms with E-state index in [9.17, 15) is 9.59 Å². The van der Waals surface area contributed by atoms with Crippen LogP contribution in [-0.4, -0.2) is 24.1 Å². The zero-order valence-corrected chi connectivity index (χ0v) is 9.56. The largest absolute Gasteiger partial charge is 0.496 e. The van der Waals surface area contributed by atoms with Gasteiger partial charge < -0.3 is 15.2 Å². The summed E-state index contributed by atoms with van der Waals surface area (Å²) >= 11 is 0. The number of amides is 1. The van der Waals surface area contributed by atoms with Crippen LogP contribution in [-0.2, 0) is 9.59 Å². The number of hydrogen-bond donors (Lipinski definition) is 2. The van der Waals surface area contributed by atoms with Crippen molar-refractivity contribution in [1.82, 2.24) is 5.32 Å². The van der Waals surface area contributed by atoms with E-state index in [1.165, 1.54) is 20.1 Å². The van der Waals surface area contributed by atoms with Crippen LogP contribution in [0.2, 0.25) is 0 Å². The molecule has 0 unspecified atom stereocenters. The molecule has 0 atom stereocenters. The van der Waals surface area contributed by atoms with Gasteiger partial charge in [0.05, 0.1) is 7.11 Å². The van der Waals surface area contributed by atoms with Gasteiger partial charge >= 0.3 is 5.97 Å². The van der Waals surface area contributed by atoms with E-state index in [-0.39, 0.29) is 5.70 Å². The topological polar surface area (TPSA) is 75.6 Å². The van der Waals surface area contributed by atoms with Crippen LogP contribution < -0.4 is 10.1 Å². The van der Waals surface area contributed by atoms with Crippen molar-refractivity contribution in [2.75, 3.05) is 7.11 Å². The predicted molar refractivity (Wildman–Crippen MR) is 62.4 cm³/mol. The van der Waals surface area contributed by atoms with Crippen molar-refractivity contribution >= 4 is 18.0 Å². The van der Waals surface area contributed by atoms with Gasteiger partial charge in [-0.3, -0.25) is 4.79 Å². The van der Waals surface area contributed by atoms with Gasteiger partial charge in [0, 0.05) is 12.5 Å². The fraction of sp³-hybridized carbons (Fsp3) is 0.167. The number of ether oxygens (including phenoxy) is 1. The molecule has 2 N–H and O–H groups in total. The third-order valence-electron chi connectivity index (χ3n) is 1.98. The van der Waals surface area contributed by atoms with Gasteiger partial charge in [0.25, 0.3) is 0 Å². The number of benzene rings is 1. The number of aliphatic carboxylic acids is 1. The molecule has 0 aromatic heterocycles.